The highest BCUT2D eigenvalue weighted by atomic mass is 35.5. The van der Waals surface area contributed by atoms with Crippen molar-refractivity contribution < 1.29 is 22.1 Å². The Hall–Kier alpha value is -1.64. The summed E-state index contributed by atoms with van der Waals surface area (Å²) >= 11 is 12.3. The Morgan fingerprint density at radius 3 is 2.57 bits per heavy atom. The highest BCUT2D eigenvalue weighted by molar-refractivity contribution is 7.85. The van der Waals surface area contributed by atoms with Crippen LogP contribution in [0.5, 0.6) is 0 Å². The van der Waals surface area contributed by atoms with Crippen LogP contribution in [0.4, 0.5) is 0 Å². The maximum Gasteiger partial charge on any atom is 0.264 e. The Kier molecular flexibility index (Phi) is 7.42. The highest BCUT2D eigenvalue weighted by Crippen LogP contribution is 2.37. The van der Waals surface area contributed by atoms with Crippen LogP contribution >= 0.6 is 23.2 Å². The molecule has 0 radical (unpaired) electrons. The van der Waals surface area contributed by atoms with E-state index in [0.717, 1.165) is 11.8 Å². The van der Waals surface area contributed by atoms with Gasteiger partial charge in [0.2, 0.25) is 0 Å². The molecule has 1 heterocycles. The first-order valence-corrected chi connectivity index (χ1v) is 12.1. The lowest BCUT2D eigenvalue weighted by Gasteiger charge is -2.43. The van der Waals surface area contributed by atoms with Crippen LogP contribution in [0.2, 0.25) is 10.0 Å². The normalized spacial score (nSPS) is 19.6. The first kappa shape index (κ1) is 23.0. The van der Waals surface area contributed by atoms with Crippen LogP contribution in [-0.4, -0.2) is 51.8 Å². The maximum atomic E-state index is 13.0. The fourth-order valence-electron chi connectivity index (χ4n) is 3.54. The van der Waals surface area contributed by atoms with Gasteiger partial charge in [0.15, 0.2) is 0 Å². The largest absolute Gasteiger partial charge is 0.367 e. The van der Waals surface area contributed by atoms with Gasteiger partial charge in [-0.25, -0.2) is 0 Å². The monoisotopic (exact) mass is 471 g/mol. The number of hydrogen-bond acceptors (Lipinski definition) is 5. The number of morpholine rings is 1. The van der Waals surface area contributed by atoms with Gasteiger partial charge in [-0.3, -0.25) is 8.98 Å². The molecule has 2 aromatic carbocycles. The number of ether oxygens (including phenoxy) is 1. The summed E-state index contributed by atoms with van der Waals surface area (Å²) in [6.07, 6.45) is 1.87. The molecule has 0 aromatic heterocycles. The van der Waals surface area contributed by atoms with E-state index in [1.807, 2.05) is 24.3 Å². The summed E-state index contributed by atoms with van der Waals surface area (Å²) in [4.78, 5) is 14.8. The third-order valence-electron chi connectivity index (χ3n) is 4.96. The number of halogens is 2. The van der Waals surface area contributed by atoms with Crippen LogP contribution in [-0.2, 0) is 24.6 Å². The van der Waals surface area contributed by atoms with Crippen LogP contribution < -0.4 is 0 Å². The zero-order chi connectivity index (χ0) is 21.8. The van der Waals surface area contributed by atoms with E-state index < -0.39 is 15.7 Å². The predicted octanol–water partition coefficient (Wildman–Crippen LogP) is 4.12. The smallest absolute Gasteiger partial charge is 0.264 e. The minimum absolute atomic E-state index is 0.0257. The third-order valence-corrected chi connectivity index (χ3v) is 6.30. The van der Waals surface area contributed by atoms with Crippen molar-refractivity contribution in [3.05, 3.63) is 69.7 Å². The summed E-state index contributed by atoms with van der Waals surface area (Å²) in [5, 5.41) is 0.806. The molecule has 0 bridgehead atoms. The number of carbonyl (C=O) groups excluding carboxylic acids is 1. The van der Waals surface area contributed by atoms with Gasteiger partial charge in [-0.15, -0.1) is 0 Å². The molecule has 6 nitrogen and oxygen atoms in total. The van der Waals surface area contributed by atoms with Crippen LogP contribution in [0, 0.1) is 0 Å². The van der Waals surface area contributed by atoms with Crippen molar-refractivity contribution >= 4 is 39.2 Å². The van der Waals surface area contributed by atoms with Crippen molar-refractivity contribution in [1.82, 2.24) is 4.90 Å². The second-order valence-electron chi connectivity index (χ2n) is 7.19. The van der Waals surface area contributed by atoms with Crippen molar-refractivity contribution in [3.63, 3.8) is 0 Å². The minimum Gasteiger partial charge on any atom is -0.367 e. The standard InChI is InChI=1S/C21H23Cl2NO5S/c1-30(26,27)29-12-5-10-21(17-8-9-18(22)19(23)14-17)15-24(11-13-28-21)20(25)16-6-3-2-4-7-16/h2-4,6-9,14H,5,10-13,15H2,1H3. The predicted molar refractivity (Wildman–Crippen MR) is 116 cm³/mol. The second-order valence-corrected chi connectivity index (χ2v) is 9.65. The van der Waals surface area contributed by atoms with Gasteiger partial charge < -0.3 is 9.64 Å². The van der Waals surface area contributed by atoms with Crippen LogP contribution in [0.3, 0.4) is 0 Å². The van der Waals surface area contributed by atoms with Gasteiger partial charge in [0.1, 0.15) is 5.60 Å². The fourth-order valence-corrected chi connectivity index (χ4v) is 4.26. The molecule has 1 atom stereocenters. The van der Waals surface area contributed by atoms with Gasteiger partial charge >= 0.3 is 0 Å². The van der Waals surface area contributed by atoms with Gasteiger partial charge in [0.05, 0.1) is 36.1 Å². The molecule has 0 spiro atoms. The molecule has 1 unspecified atom stereocenters. The average Bonchev–Trinajstić information content (AvgIpc) is 2.73. The molecule has 2 aromatic rings. The zero-order valence-corrected chi connectivity index (χ0v) is 18.8. The Labute approximate surface area is 186 Å². The zero-order valence-electron chi connectivity index (χ0n) is 16.5. The molecule has 30 heavy (non-hydrogen) atoms. The Balaban J connectivity index is 1.86. The molecule has 1 aliphatic rings. The van der Waals surface area contributed by atoms with Gasteiger partial charge in [0, 0.05) is 12.1 Å². The first-order valence-electron chi connectivity index (χ1n) is 9.48. The van der Waals surface area contributed by atoms with E-state index in [9.17, 15) is 13.2 Å². The lowest BCUT2D eigenvalue weighted by Crippen LogP contribution is -2.52. The SMILES string of the molecule is CS(=O)(=O)OCCCC1(c2ccc(Cl)c(Cl)c2)CN(C(=O)c2ccccc2)CCO1. The van der Waals surface area contributed by atoms with Crippen LogP contribution in [0.25, 0.3) is 0 Å². The van der Waals surface area contributed by atoms with Gasteiger partial charge in [-0.2, -0.15) is 8.42 Å². The summed E-state index contributed by atoms with van der Waals surface area (Å²) in [6, 6.07) is 14.3. The minimum atomic E-state index is -3.53. The molecule has 0 aliphatic carbocycles. The van der Waals surface area contributed by atoms with E-state index in [1.165, 1.54) is 0 Å². The second kappa shape index (κ2) is 9.66. The van der Waals surface area contributed by atoms with E-state index in [0.29, 0.717) is 48.1 Å². The van der Waals surface area contributed by atoms with Crippen LogP contribution in [0.15, 0.2) is 48.5 Å². The summed E-state index contributed by atoms with van der Waals surface area (Å²) < 4.78 is 33.6. The van der Waals surface area contributed by atoms with Crippen molar-refractivity contribution in [3.8, 4) is 0 Å². The summed E-state index contributed by atoms with van der Waals surface area (Å²) in [5.74, 6) is -0.0873. The number of rotatable bonds is 7. The van der Waals surface area contributed by atoms with E-state index in [4.69, 9.17) is 32.1 Å². The number of hydrogen-bond donors (Lipinski definition) is 0. The molecule has 1 fully saturated rings. The average molecular weight is 472 g/mol. The van der Waals surface area contributed by atoms with Crippen molar-refractivity contribution in [2.45, 2.75) is 18.4 Å². The Bertz CT molecular complexity index is 1000. The molecule has 0 saturated carbocycles. The maximum absolute atomic E-state index is 13.0. The first-order chi connectivity index (χ1) is 14.2. The lowest BCUT2D eigenvalue weighted by molar-refractivity contribution is -0.111. The van der Waals surface area contributed by atoms with Gasteiger partial charge in [0.25, 0.3) is 16.0 Å². The molecule has 1 amide bonds. The van der Waals surface area contributed by atoms with Gasteiger partial charge in [-0.1, -0.05) is 47.5 Å². The molecule has 1 saturated heterocycles. The molecule has 162 valence electrons. The molecule has 3 rings (SSSR count). The summed E-state index contributed by atoms with van der Waals surface area (Å²) in [5.41, 5.74) is 0.530. The number of benzene rings is 2. The Morgan fingerprint density at radius 2 is 1.90 bits per heavy atom. The molecular weight excluding hydrogens is 449 g/mol. The van der Waals surface area contributed by atoms with Crippen molar-refractivity contribution in [2.75, 3.05) is 32.6 Å². The van der Waals surface area contributed by atoms with E-state index in [-0.39, 0.29) is 12.5 Å². The van der Waals surface area contributed by atoms with Gasteiger partial charge in [-0.05, 0) is 42.7 Å². The van der Waals surface area contributed by atoms with E-state index >= 15 is 0 Å². The Morgan fingerprint density at radius 1 is 1.17 bits per heavy atom. The molecule has 1 aliphatic heterocycles. The third kappa shape index (κ3) is 5.74. The number of amides is 1. The van der Waals surface area contributed by atoms with Crippen molar-refractivity contribution in [2.24, 2.45) is 0 Å². The topological polar surface area (TPSA) is 72.9 Å². The van der Waals surface area contributed by atoms with E-state index in [2.05, 4.69) is 0 Å². The molecule has 9 heteroatoms. The lowest BCUT2D eigenvalue weighted by atomic mass is 9.87. The molecular formula is C21H23Cl2NO5S. The summed E-state index contributed by atoms with van der Waals surface area (Å²) in [7, 11) is -3.53. The van der Waals surface area contributed by atoms with Crippen LogP contribution in [0.1, 0.15) is 28.8 Å². The highest BCUT2D eigenvalue weighted by Gasteiger charge is 2.40. The number of carbonyl (C=O) groups is 1. The quantitative estimate of drug-likeness (QED) is 0.448. The van der Waals surface area contributed by atoms with E-state index in [1.54, 1.807) is 29.2 Å². The number of nitrogens with zero attached hydrogens (tertiary/aromatic N) is 1. The fraction of sp³-hybridized carbons (Fsp3) is 0.381. The molecule has 0 N–H and O–H groups in total. The van der Waals surface area contributed by atoms with Crippen molar-refractivity contribution in [1.29, 1.82) is 0 Å². The summed E-state index contributed by atoms with van der Waals surface area (Å²) in [6.45, 7) is 1.12.